The van der Waals surface area contributed by atoms with Crippen LogP contribution in [0.2, 0.25) is 5.02 Å². The fourth-order valence-corrected chi connectivity index (χ4v) is 3.34. The molecular weight excluding hydrogens is 336 g/mol. The number of nitrogens with zero attached hydrogens (tertiary/aromatic N) is 2. The van der Waals surface area contributed by atoms with Gasteiger partial charge in [-0.05, 0) is 48.2 Å². The molecule has 5 heteroatoms. The van der Waals surface area contributed by atoms with Crippen LogP contribution < -0.4 is 0 Å². The van der Waals surface area contributed by atoms with Crippen LogP contribution in [0.4, 0.5) is 4.79 Å². The average Bonchev–Trinajstić information content (AvgIpc) is 2.63. The van der Waals surface area contributed by atoms with Gasteiger partial charge in [-0.1, -0.05) is 48.0 Å². The topological polar surface area (TPSA) is 43.8 Å². The van der Waals surface area contributed by atoms with Crippen molar-refractivity contribution in [1.29, 1.82) is 0 Å². The van der Waals surface area contributed by atoms with Crippen molar-refractivity contribution in [2.75, 3.05) is 32.7 Å². The summed E-state index contributed by atoms with van der Waals surface area (Å²) in [4.78, 5) is 14.8. The number of carbonyl (C=O) groups is 1. The minimum absolute atomic E-state index is 0.612. The van der Waals surface area contributed by atoms with E-state index < -0.39 is 6.09 Å². The van der Waals surface area contributed by atoms with E-state index in [1.807, 2.05) is 24.3 Å². The van der Waals surface area contributed by atoms with Gasteiger partial charge in [-0.25, -0.2) is 4.79 Å². The number of carboxylic acid groups (broad SMARTS) is 1. The number of hydrogen-bond donors (Lipinski definition) is 1. The summed E-state index contributed by atoms with van der Waals surface area (Å²) in [6, 6.07) is 16.6. The highest BCUT2D eigenvalue weighted by atomic mass is 35.5. The molecule has 1 N–H and O–H groups in total. The van der Waals surface area contributed by atoms with E-state index in [1.54, 1.807) is 0 Å². The summed E-state index contributed by atoms with van der Waals surface area (Å²) < 4.78 is 0. The van der Waals surface area contributed by atoms with Gasteiger partial charge in [-0.2, -0.15) is 0 Å². The number of piperazine rings is 1. The number of hydrogen-bond acceptors (Lipinski definition) is 2. The van der Waals surface area contributed by atoms with Crippen molar-refractivity contribution in [3.05, 3.63) is 59.1 Å². The van der Waals surface area contributed by atoms with Gasteiger partial charge in [0.05, 0.1) is 0 Å². The quantitative estimate of drug-likeness (QED) is 0.869. The Morgan fingerprint density at radius 2 is 1.72 bits per heavy atom. The summed E-state index contributed by atoms with van der Waals surface area (Å²) in [6.45, 7) is 3.90. The molecule has 132 valence electrons. The molecule has 1 fully saturated rings. The number of aryl methyl sites for hydroxylation is 1. The molecular formula is C20H23ClN2O2. The van der Waals surface area contributed by atoms with Gasteiger partial charge in [-0.3, -0.25) is 4.90 Å². The monoisotopic (exact) mass is 358 g/mol. The third kappa shape index (κ3) is 4.97. The molecule has 0 unspecified atom stereocenters. The molecule has 0 radical (unpaired) electrons. The maximum Gasteiger partial charge on any atom is 0.407 e. The van der Waals surface area contributed by atoms with Gasteiger partial charge in [0.2, 0.25) is 0 Å². The molecule has 2 aromatic rings. The Hall–Kier alpha value is -2.04. The minimum atomic E-state index is -0.807. The van der Waals surface area contributed by atoms with Crippen LogP contribution in [-0.4, -0.2) is 53.7 Å². The van der Waals surface area contributed by atoms with Crippen molar-refractivity contribution in [2.24, 2.45) is 0 Å². The van der Waals surface area contributed by atoms with Gasteiger partial charge in [0.15, 0.2) is 0 Å². The van der Waals surface area contributed by atoms with Crippen molar-refractivity contribution in [2.45, 2.75) is 12.8 Å². The van der Waals surface area contributed by atoms with Crippen molar-refractivity contribution in [1.82, 2.24) is 9.80 Å². The van der Waals surface area contributed by atoms with Crippen molar-refractivity contribution >= 4 is 17.7 Å². The van der Waals surface area contributed by atoms with E-state index in [2.05, 4.69) is 29.2 Å². The molecule has 0 saturated carbocycles. The third-order valence-electron chi connectivity index (χ3n) is 4.69. The van der Waals surface area contributed by atoms with Gasteiger partial charge in [0.1, 0.15) is 0 Å². The first-order chi connectivity index (χ1) is 12.1. The molecule has 2 aromatic carbocycles. The molecule has 0 spiro atoms. The van der Waals surface area contributed by atoms with Crippen molar-refractivity contribution in [3.63, 3.8) is 0 Å². The Morgan fingerprint density at radius 1 is 1.00 bits per heavy atom. The Balaban J connectivity index is 1.50. The SMILES string of the molecule is O=C(O)N1CCN(CCCc2cccc(-c3ccc(Cl)cc3)c2)CC1. The van der Waals surface area contributed by atoms with E-state index in [1.165, 1.54) is 21.6 Å². The van der Waals surface area contributed by atoms with Crippen LogP contribution in [0.15, 0.2) is 48.5 Å². The minimum Gasteiger partial charge on any atom is -0.465 e. The lowest BCUT2D eigenvalue weighted by atomic mass is 10.0. The highest BCUT2D eigenvalue weighted by Crippen LogP contribution is 2.23. The van der Waals surface area contributed by atoms with Crippen LogP contribution in [0, 0.1) is 0 Å². The summed E-state index contributed by atoms with van der Waals surface area (Å²) in [5.41, 5.74) is 3.72. The van der Waals surface area contributed by atoms with E-state index in [4.69, 9.17) is 16.7 Å². The number of benzene rings is 2. The molecule has 0 aromatic heterocycles. The van der Waals surface area contributed by atoms with E-state index >= 15 is 0 Å². The molecule has 0 atom stereocenters. The lowest BCUT2D eigenvalue weighted by Gasteiger charge is -2.33. The Labute approximate surface area is 153 Å². The molecule has 4 nitrogen and oxygen atoms in total. The fraction of sp³-hybridized carbons (Fsp3) is 0.350. The molecule has 0 bridgehead atoms. The van der Waals surface area contributed by atoms with E-state index in [0.717, 1.165) is 37.5 Å². The van der Waals surface area contributed by atoms with Crippen LogP contribution in [0.3, 0.4) is 0 Å². The first-order valence-corrected chi connectivity index (χ1v) is 9.05. The molecule has 1 aliphatic rings. The summed E-state index contributed by atoms with van der Waals surface area (Å²) in [5.74, 6) is 0. The largest absolute Gasteiger partial charge is 0.465 e. The zero-order valence-corrected chi connectivity index (χ0v) is 15.0. The third-order valence-corrected chi connectivity index (χ3v) is 4.94. The first kappa shape index (κ1) is 17.8. The number of rotatable bonds is 5. The van der Waals surface area contributed by atoms with Gasteiger partial charge < -0.3 is 10.0 Å². The van der Waals surface area contributed by atoms with Crippen LogP contribution in [0.25, 0.3) is 11.1 Å². The fourth-order valence-electron chi connectivity index (χ4n) is 3.22. The Morgan fingerprint density at radius 3 is 2.40 bits per heavy atom. The molecule has 3 rings (SSSR count). The maximum atomic E-state index is 10.9. The van der Waals surface area contributed by atoms with E-state index in [0.29, 0.717) is 13.1 Å². The molecule has 1 heterocycles. The summed E-state index contributed by atoms with van der Waals surface area (Å²) in [6.07, 6.45) is 1.30. The molecule has 1 saturated heterocycles. The second-order valence-electron chi connectivity index (χ2n) is 6.42. The molecule has 25 heavy (non-hydrogen) atoms. The summed E-state index contributed by atoms with van der Waals surface area (Å²) in [7, 11) is 0. The Bertz CT molecular complexity index is 710. The van der Waals surface area contributed by atoms with Crippen LogP contribution in [0.5, 0.6) is 0 Å². The lowest BCUT2D eigenvalue weighted by Crippen LogP contribution is -2.48. The van der Waals surface area contributed by atoms with Crippen LogP contribution in [-0.2, 0) is 6.42 Å². The normalized spacial score (nSPS) is 15.3. The van der Waals surface area contributed by atoms with Crippen molar-refractivity contribution in [3.8, 4) is 11.1 Å². The molecule has 1 aliphatic heterocycles. The predicted molar refractivity (Wildman–Crippen MR) is 101 cm³/mol. The molecule has 0 aliphatic carbocycles. The van der Waals surface area contributed by atoms with Gasteiger partial charge in [-0.15, -0.1) is 0 Å². The van der Waals surface area contributed by atoms with E-state index in [9.17, 15) is 4.79 Å². The number of halogens is 1. The van der Waals surface area contributed by atoms with Crippen LogP contribution in [0.1, 0.15) is 12.0 Å². The molecule has 1 amide bonds. The average molecular weight is 359 g/mol. The van der Waals surface area contributed by atoms with Crippen molar-refractivity contribution < 1.29 is 9.90 Å². The Kier molecular flexibility index (Phi) is 5.95. The smallest absolute Gasteiger partial charge is 0.407 e. The van der Waals surface area contributed by atoms with Gasteiger partial charge in [0.25, 0.3) is 0 Å². The highest BCUT2D eigenvalue weighted by molar-refractivity contribution is 6.30. The van der Waals surface area contributed by atoms with Crippen LogP contribution >= 0.6 is 11.6 Å². The van der Waals surface area contributed by atoms with Gasteiger partial charge >= 0.3 is 6.09 Å². The standard InChI is InChI=1S/C20H23ClN2O2/c21-19-8-6-17(7-9-19)18-5-1-3-16(15-18)4-2-10-22-11-13-23(14-12-22)20(24)25/h1,3,5-9,15H,2,4,10-14H2,(H,24,25). The zero-order valence-electron chi connectivity index (χ0n) is 14.2. The summed E-state index contributed by atoms with van der Waals surface area (Å²) in [5, 5.41) is 9.74. The maximum absolute atomic E-state index is 10.9. The zero-order chi connectivity index (χ0) is 17.6. The first-order valence-electron chi connectivity index (χ1n) is 8.67. The van der Waals surface area contributed by atoms with E-state index in [-0.39, 0.29) is 0 Å². The summed E-state index contributed by atoms with van der Waals surface area (Å²) >= 11 is 5.96. The van der Waals surface area contributed by atoms with Gasteiger partial charge in [0, 0.05) is 31.2 Å². The lowest BCUT2D eigenvalue weighted by molar-refractivity contribution is 0.105. The second kappa shape index (κ2) is 8.37. The number of amides is 1. The highest BCUT2D eigenvalue weighted by Gasteiger charge is 2.19. The second-order valence-corrected chi connectivity index (χ2v) is 6.86. The predicted octanol–water partition coefficient (Wildman–Crippen LogP) is 4.24.